The molecule has 7 nitrogen and oxygen atoms in total. The smallest absolute Gasteiger partial charge is 0.338 e. The van der Waals surface area contributed by atoms with Crippen LogP contribution in [0.25, 0.3) is 6.08 Å². The Labute approximate surface area is 182 Å². The topological polar surface area (TPSA) is 83.0 Å². The van der Waals surface area contributed by atoms with Crippen LogP contribution in [0.1, 0.15) is 37.0 Å². The van der Waals surface area contributed by atoms with E-state index in [0.29, 0.717) is 32.1 Å². The number of allylic oxidation sites excluding steroid dienone is 1. The molecule has 0 saturated carbocycles. The van der Waals surface area contributed by atoms with Crippen molar-refractivity contribution in [1.29, 1.82) is 0 Å². The van der Waals surface area contributed by atoms with Crippen LogP contribution in [0.15, 0.2) is 61.9 Å². The predicted octanol–water partition coefficient (Wildman–Crippen LogP) is 2.71. The highest BCUT2D eigenvalue weighted by atomic mass is 32.1. The largest absolute Gasteiger partial charge is 0.497 e. The molecule has 1 aliphatic rings. The van der Waals surface area contributed by atoms with Crippen LogP contribution < -0.4 is 19.6 Å². The van der Waals surface area contributed by atoms with Crippen molar-refractivity contribution in [2.24, 2.45) is 4.99 Å². The van der Waals surface area contributed by atoms with Crippen LogP contribution in [0.5, 0.6) is 5.75 Å². The molecule has 1 aromatic carbocycles. The highest BCUT2D eigenvalue weighted by molar-refractivity contribution is 7.07. The fourth-order valence-corrected chi connectivity index (χ4v) is 4.61. The summed E-state index contributed by atoms with van der Waals surface area (Å²) in [5, 5.41) is 0. The van der Waals surface area contributed by atoms with E-state index in [4.69, 9.17) is 13.9 Å². The van der Waals surface area contributed by atoms with Crippen molar-refractivity contribution in [3.05, 3.63) is 84.4 Å². The van der Waals surface area contributed by atoms with Gasteiger partial charge in [0.15, 0.2) is 4.80 Å². The molecule has 0 amide bonds. The number of benzene rings is 1. The monoisotopic (exact) mass is 438 g/mol. The minimum Gasteiger partial charge on any atom is -0.497 e. The van der Waals surface area contributed by atoms with Crippen LogP contribution in [0.2, 0.25) is 0 Å². The first-order valence-electron chi connectivity index (χ1n) is 9.83. The Hall–Kier alpha value is -3.39. The number of nitrogens with zero attached hydrogens (tertiary/aromatic N) is 2. The van der Waals surface area contributed by atoms with Gasteiger partial charge in [-0.1, -0.05) is 23.5 Å². The summed E-state index contributed by atoms with van der Waals surface area (Å²) in [5.41, 5.74) is 1.34. The fraction of sp³-hybridized carbons (Fsp3) is 0.261. The Bertz CT molecular complexity index is 1360. The molecule has 0 spiro atoms. The molecule has 1 unspecified atom stereocenters. The third-order valence-corrected chi connectivity index (χ3v) is 5.94. The van der Waals surface area contributed by atoms with Crippen LogP contribution >= 0.6 is 11.3 Å². The number of methoxy groups -OCH3 is 1. The molecule has 0 N–H and O–H groups in total. The molecule has 0 radical (unpaired) electrons. The van der Waals surface area contributed by atoms with E-state index in [1.54, 1.807) is 31.6 Å². The number of hydrogen-bond donors (Lipinski definition) is 0. The van der Waals surface area contributed by atoms with Gasteiger partial charge in [0, 0.05) is 6.08 Å². The molecule has 0 bridgehead atoms. The molecular formula is C23H22N2O5S. The van der Waals surface area contributed by atoms with E-state index in [9.17, 15) is 9.59 Å². The second-order valence-corrected chi connectivity index (χ2v) is 8.04. The van der Waals surface area contributed by atoms with Crippen molar-refractivity contribution in [3.8, 4) is 5.75 Å². The second kappa shape index (κ2) is 8.39. The molecule has 160 valence electrons. The van der Waals surface area contributed by atoms with Crippen molar-refractivity contribution in [2.75, 3.05) is 13.7 Å². The first kappa shape index (κ1) is 20.9. The van der Waals surface area contributed by atoms with Crippen molar-refractivity contribution in [1.82, 2.24) is 4.57 Å². The molecule has 1 aliphatic heterocycles. The van der Waals surface area contributed by atoms with Gasteiger partial charge >= 0.3 is 5.97 Å². The summed E-state index contributed by atoms with van der Waals surface area (Å²) in [5.74, 6) is 1.48. The molecule has 8 heteroatoms. The molecule has 1 atom stereocenters. The number of aromatic nitrogens is 1. The Kier molecular flexibility index (Phi) is 5.65. The number of rotatable bonds is 5. The maximum atomic E-state index is 13.4. The van der Waals surface area contributed by atoms with Gasteiger partial charge in [-0.25, -0.2) is 9.79 Å². The minimum absolute atomic E-state index is 0.225. The molecular weight excluding hydrogens is 416 g/mol. The Balaban J connectivity index is 1.97. The van der Waals surface area contributed by atoms with E-state index < -0.39 is 12.0 Å². The summed E-state index contributed by atoms with van der Waals surface area (Å²) in [6, 6.07) is 10.3. The maximum Gasteiger partial charge on any atom is 0.338 e. The number of esters is 1. The first-order chi connectivity index (χ1) is 14.9. The van der Waals surface area contributed by atoms with Gasteiger partial charge in [-0.3, -0.25) is 9.36 Å². The summed E-state index contributed by atoms with van der Waals surface area (Å²) < 4.78 is 18.3. The number of carbonyl (C=O) groups is 1. The van der Waals surface area contributed by atoms with Gasteiger partial charge in [-0.15, -0.1) is 0 Å². The zero-order chi connectivity index (χ0) is 22.1. The van der Waals surface area contributed by atoms with E-state index in [2.05, 4.69) is 4.99 Å². The van der Waals surface area contributed by atoms with Crippen LogP contribution in [-0.2, 0) is 9.53 Å². The molecule has 0 saturated heterocycles. The van der Waals surface area contributed by atoms with Crippen molar-refractivity contribution in [2.45, 2.75) is 26.8 Å². The van der Waals surface area contributed by atoms with Gasteiger partial charge in [0.1, 0.15) is 17.3 Å². The van der Waals surface area contributed by atoms with Crippen LogP contribution in [0.4, 0.5) is 0 Å². The van der Waals surface area contributed by atoms with E-state index in [-0.39, 0.29) is 12.2 Å². The normalized spacial score (nSPS) is 16.1. The number of thiazole rings is 1. The molecule has 31 heavy (non-hydrogen) atoms. The van der Waals surface area contributed by atoms with E-state index in [1.165, 1.54) is 11.3 Å². The Morgan fingerprint density at radius 3 is 2.77 bits per heavy atom. The van der Waals surface area contributed by atoms with E-state index in [1.807, 2.05) is 43.3 Å². The van der Waals surface area contributed by atoms with Gasteiger partial charge in [0.25, 0.3) is 5.56 Å². The van der Waals surface area contributed by atoms with Crippen molar-refractivity contribution >= 4 is 23.4 Å². The predicted molar refractivity (Wildman–Crippen MR) is 117 cm³/mol. The SMILES string of the molecule is CCOC(=O)C1=C(C)N=c2s/c(=C\c3ccc(C)o3)c(=O)n2C1c1cccc(OC)c1. The third-order valence-electron chi connectivity index (χ3n) is 4.96. The highest BCUT2D eigenvalue weighted by Crippen LogP contribution is 2.32. The average Bonchev–Trinajstić information content (AvgIpc) is 3.30. The summed E-state index contributed by atoms with van der Waals surface area (Å²) in [6.45, 7) is 5.57. The molecule has 0 aliphatic carbocycles. The quantitative estimate of drug-likeness (QED) is 0.572. The number of carbonyl (C=O) groups excluding carboxylic acids is 1. The van der Waals surface area contributed by atoms with Crippen LogP contribution in [0, 0.1) is 6.92 Å². The molecule has 3 heterocycles. The zero-order valence-corrected chi connectivity index (χ0v) is 18.5. The maximum absolute atomic E-state index is 13.4. The molecule has 4 rings (SSSR count). The average molecular weight is 439 g/mol. The number of furan rings is 1. The summed E-state index contributed by atoms with van der Waals surface area (Å²) in [4.78, 5) is 31.4. The molecule has 3 aromatic rings. The van der Waals surface area contributed by atoms with Gasteiger partial charge in [0.2, 0.25) is 0 Å². The summed E-state index contributed by atoms with van der Waals surface area (Å²) in [7, 11) is 1.57. The highest BCUT2D eigenvalue weighted by Gasteiger charge is 2.33. The molecule has 0 fully saturated rings. The third kappa shape index (κ3) is 3.86. The summed E-state index contributed by atoms with van der Waals surface area (Å²) >= 11 is 1.26. The van der Waals surface area contributed by atoms with Crippen LogP contribution in [-0.4, -0.2) is 24.3 Å². The first-order valence-corrected chi connectivity index (χ1v) is 10.6. The van der Waals surface area contributed by atoms with Gasteiger partial charge in [-0.05, 0) is 50.6 Å². The Morgan fingerprint density at radius 1 is 1.29 bits per heavy atom. The lowest BCUT2D eigenvalue weighted by atomic mass is 9.95. The van der Waals surface area contributed by atoms with Crippen LogP contribution in [0.3, 0.4) is 0 Å². The van der Waals surface area contributed by atoms with Crippen molar-refractivity contribution < 1.29 is 18.7 Å². The van der Waals surface area contributed by atoms with Gasteiger partial charge < -0.3 is 13.9 Å². The zero-order valence-electron chi connectivity index (χ0n) is 17.7. The van der Waals surface area contributed by atoms with Gasteiger partial charge in [0.05, 0.1) is 35.6 Å². The number of aryl methyl sites for hydroxylation is 1. The lowest BCUT2D eigenvalue weighted by Gasteiger charge is -2.24. The van der Waals surface area contributed by atoms with Gasteiger partial charge in [-0.2, -0.15) is 0 Å². The number of ether oxygens (including phenoxy) is 2. The lowest BCUT2D eigenvalue weighted by Crippen LogP contribution is -2.39. The van der Waals surface area contributed by atoms with E-state index >= 15 is 0 Å². The molecule has 2 aromatic heterocycles. The number of fused-ring (bicyclic) bond motifs is 1. The lowest BCUT2D eigenvalue weighted by molar-refractivity contribution is -0.139. The van der Waals surface area contributed by atoms with Crippen molar-refractivity contribution in [3.63, 3.8) is 0 Å². The second-order valence-electron chi connectivity index (χ2n) is 7.03. The summed E-state index contributed by atoms with van der Waals surface area (Å²) in [6.07, 6.45) is 1.70. The number of hydrogen-bond acceptors (Lipinski definition) is 7. The van der Waals surface area contributed by atoms with E-state index in [0.717, 1.165) is 11.3 Å². The fourth-order valence-electron chi connectivity index (χ4n) is 3.58. The standard InChI is InChI=1S/C23H22N2O5S/c1-5-29-22(27)19-14(3)24-23-25(20(19)15-7-6-8-16(11-15)28-4)21(26)18(31-23)12-17-10-9-13(2)30-17/h6-12,20H,5H2,1-4H3/b18-12-. The Morgan fingerprint density at radius 2 is 2.10 bits per heavy atom. The minimum atomic E-state index is -0.675.